The Morgan fingerprint density at radius 3 is 2.94 bits per heavy atom. The Morgan fingerprint density at radius 2 is 2.31 bits per heavy atom. The topological polar surface area (TPSA) is 32.8 Å². The van der Waals surface area contributed by atoms with E-state index >= 15 is 0 Å². The van der Waals surface area contributed by atoms with Crippen LogP contribution < -0.4 is 0 Å². The highest BCUT2D eigenvalue weighted by Gasteiger charge is 2.29. The number of carbonyl (C=O) groups is 1. The quantitative estimate of drug-likeness (QED) is 0.689. The van der Waals surface area contributed by atoms with Crippen molar-refractivity contribution in [2.75, 3.05) is 46.9 Å². The van der Waals surface area contributed by atoms with Crippen molar-refractivity contribution in [3.8, 4) is 0 Å². The zero-order chi connectivity index (χ0) is 11.5. The highest BCUT2D eigenvalue weighted by molar-refractivity contribution is 5.82. The van der Waals surface area contributed by atoms with Gasteiger partial charge in [0.05, 0.1) is 19.1 Å². The first-order valence-electron chi connectivity index (χ1n) is 6.16. The first-order valence-corrected chi connectivity index (χ1v) is 6.16. The summed E-state index contributed by atoms with van der Waals surface area (Å²) in [5.41, 5.74) is 0. The predicted molar refractivity (Wildman–Crippen MR) is 62.5 cm³/mol. The summed E-state index contributed by atoms with van der Waals surface area (Å²) < 4.78 is 5.38. The lowest BCUT2D eigenvalue weighted by Crippen LogP contribution is -2.39. The van der Waals surface area contributed by atoms with Crippen LogP contribution in [0.5, 0.6) is 0 Å². The number of nitrogens with zero attached hydrogens (tertiary/aromatic N) is 2. The van der Waals surface area contributed by atoms with Crippen molar-refractivity contribution >= 4 is 5.78 Å². The lowest BCUT2D eigenvalue weighted by molar-refractivity contribution is -0.131. The standard InChI is InChI=1S/C12H22N2O2/c1-13(2)11-3-5-14(8-11)7-10-9-16-6-4-12(10)15/h10-11H,3-9H2,1-2H3. The molecular formula is C12H22N2O2. The van der Waals surface area contributed by atoms with Gasteiger partial charge in [-0.05, 0) is 27.1 Å². The van der Waals surface area contributed by atoms with E-state index in [9.17, 15) is 4.79 Å². The fourth-order valence-corrected chi connectivity index (χ4v) is 2.56. The summed E-state index contributed by atoms with van der Waals surface area (Å²) in [6.45, 7) is 4.35. The number of Topliss-reactive ketones (excluding diaryl/α,β-unsaturated/α-hetero) is 1. The molecule has 0 aromatic carbocycles. The summed E-state index contributed by atoms with van der Waals surface area (Å²) in [7, 11) is 4.26. The summed E-state index contributed by atoms with van der Waals surface area (Å²) in [6.07, 6.45) is 1.82. The van der Waals surface area contributed by atoms with Gasteiger partial charge in [0.2, 0.25) is 0 Å². The third kappa shape index (κ3) is 2.81. The molecule has 0 amide bonds. The smallest absolute Gasteiger partial charge is 0.141 e. The fourth-order valence-electron chi connectivity index (χ4n) is 2.56. The molecule has 0 saturated carbocycles. The molecule has 0 aromatic heterocycles. The average Bonchev–Trinajstić information content (AvgIpc) is 2.70. The number of hydrogen-bond acceptors (Lipinski definition) is 4. The molecule has 0 aromatic rings. The van der Waals surface area contributed by atoms with E-state index in [1.165, 1.54) is 6.42 Å². The summed E-state index contributed by atoms with van der Waals surface area (Å²) in [5, 5.41) is 0. The summed E-state index contributed by atoms with van der Waals surface area (Å²) in [4.78, 5) is 16.4. The Kier molecular flexibility index (Phi) is 3.95. The number of likely N-dealkylation sites (tertiary alicyclic amines) is 1. The van der Waals surface area contributed by atoms with Crippen LogP contribution in [0.1, 0.15) is 12.8 Å². The molecule has 2 saturated heterocycles. The van der Waals surface area contributed by atoms with E-state index in [1.54, 1.807) is 0 Å². The monoisotopic (exact) mass is 226 g/mol. The minimum Gasteiger partial charge on any atom is -0.380 e. The summed E-state index contributed by atoms with van der Waals surface area (Å²) in [6, 6.07) is 0.652. The van der Waals surface area contributed by atoms with E-state index in [0.717, 1.165) is 19.6 Å². The van der Waals surface area contributed by atoms with Gasteiger partial charge in [-0.3, -0.25) is 4.79 Å². The van der Waals surface area contributed by atoms with Crippen molar-refractivity contribution in [2.45, 2.75) is 18.9 Å². The lowest BCUT2D eigenvalue weighted by Gasteiger charge is -2.26. The SMILES string of the molecule is CN(C)C1CCN(CC2COCCC2=O)C1. The van der Waals surface area contributed by atoms with Gasteiger partial charge in [0.15, 0.2) is 0 Å². The zero-order valence-electron chi connectivity index (χ0n) is 10.3. The second kappa shape index (κ2) is 5.25. The normalized spacial score (nSPS) is 32.6. The highest BCUT2D eigenvalue weighted by atomic mass is 16.5. The minimum absolute atomic E-state index is 0.120. The van der Waals surface area contributed by atoms with Gasteiger partial charge < -0.3 is 14.5 Å². The predicted octanol–water partition coefficient (Wildman–Crippen LogP) is 0.228. The molecule has 0 spiro atoms. The van der Waals surface area contributed by atoms with E-state index in [1.807, 2.05) is 0 Å². The van der Waals surface area contributed by atoms with E-state index in [0.29, 0.717) is 31.5 Å². The highest BCUT2D eigenvalue weighted by Crippen LogP contribution is 2.17. The number of likely N-dealkylation sites (N-methyl/N-ethyl adjacent to an activating group) is 1. The number of carbonyl (C=O) groups excluding carboxylic acids is 1. The van der Waals surface area contributed by atoms with Gasteiger partial charge in [0.25, 0.3) is 0 Å². The van der Waals surface area contributed by atoms with Gasteiger partial charge in [0, 0.05) is 25.6 Å². The Balaban J connectivity index is 1.80. The summed E-state index contributed by atoms with van der Waals surface area (Å²) in [5.74, 6) is 0.509. The molecule has 0 radical (unpaired) electrons. The van der Waals surface area contributed by atoms with E-state index in [-0.39, 0.29) is 5.92 Å². The first-order chi connectivity index (χ1) is 7.66. The van der Waals surface area contributed by atoms with Crippen LogP contribution in [0.25, 0.3) is 0 Å². The van der Waals surface area contributed by atoms with Crippen LogP contribution in [-0.2, 0) is 9.53 Å². The maximum Gasteiger partial charge on any atom is 0.141 e. The van der Waals surface area contributed by atoms with Crippen molar-refractivity contribution in [1.82, 2.24) is 9.80 Å². The molecule has 2 unspecified atom stereocenters. The molecule has 4 nitrogen and oxygen atoms in total. The van der Waals surface area contributed by atoms with E-state index in [4.69, 9.17) is 4.74 Å². The Bertz CT molecular complexity index is 255. The number of rotatable bonds is 3. The van der Waals surface area contributed by atoms with Crippen LogP contribution >= 0.6 is 0 Å². The van der Waals surface area contributed by atoms with Gasteiger partial charge in [0.1, 0.15) is 5.78 Å². The molecule has 92 valence electrons. The van der Waals surface area contributed by atoms with Crippen molar-refractivity contribution < 1.29 is 9.53 Å². The summed E-state index contributed by atoms with van der Waals surface area (Å²) >= 11 is 0. The zero-order valence-corrected chi connectivity index (χ0v) is 10.3. The third-order valence-electron chi connectivity index (χ3n) is 3.72. The number of hydrogen-bond donors (Lipinski definition) is 0. The van der Waals surface area contributed by atoms with Crippen LogP contribution in [0.3, 0.4) is 0 Å². The molecule has 2 aliphatic heterocycles. The van der Waals surface area contributed by atoms with Crippen LogP contribution in [-0.4, -0.2) is 68.6 Å². The molecule has 2 atom stereocenters. The van der Waals surface area contributed by atoms with Crippen molar-refractivity contribution in [3.63, 3.8) is 0 Å². The largest absolute Gasteiger partial charge is 0.380 e. The third-order valence-corrected chi connectivity index (χ3v) is 3.72. The molecule has 0 N–H and O–H groups in total. The van der Waals surface area contributed by atoms with Crippen LogP contribution in [0.2, 0.25) is 0 Å². The van der Waals surface area contributed by atoms with Gasteiger partial charge in [-0.2, -0.15) is 0 Å². The number of ketones is 1. The fraction of sp³-hybridized carbons (Fsp3) is 0.917. The van der Waals surface area contributed by atoms with Gasteiger partial charge >= 0.3 is 0 Å². The van der Waals surface area contributed by atoms with Crippen LogP contribution in [0, 0.1) is 5.92 Å². The van der Waals surface area contributed by atoms with Crippen molar-refractivity contribution in [2.24, 2.45) is 5.92 Å². The minimum atomic E-state index is 0.120. The van der Waals surface area contributed by atoms with Gasteiger partial charge in [-0.25, -0.2) is 0 Å². The lowest BCUT2D eigenvalue weighted by atomic mass is 10.0. The molecule has 2 aliphatic rings. The molecule has 2 heterocycles. The molecule has 2 rings (SSSR count). The molecule has 0 bridgehead atoms. The maximum atomic E-state index is 11.7. The number of ether oxygens (including phenoxy) is 1. The molecule has 2 fully saturated rings. The molecular weight excluding hydrogens is 204 g/mol. The van der Waals surface area contributed by atoms with E-state index < -0.39 is 0 Å². The second-order valence-corrected chi connectivity index (χ2v) is 5.15. The molecule has 16 heavy (non-hydrogen) atoms. The molecule has 4 heteroatoms. The van der Waals surface area contributed by atoms with E-state index in [2.05, 4.69) is 23.9 Å². The van der Waals surface area contributed by atoms with Gasteiger partial charge in [-0.15, -0.1) is 0 Å². The van der Waals surface area contributed by atoms with Crippen LogP contribution in [0.15, 0.2) is 0 Å². The Morgan fingerprint density at radius 1 is 1.50 bits per heavy atom. The first kappa shape index (κ1) is 12.0. The van der Waals surface area contributed by atoms with Crippen molar-refractivity contribution in [3.05, 3.63) is 0 Å². The van der Waals surface area contributed by atoms with Gasteiger partial charge in [-0.1, -0.05) is 0 Å². The maximum absolute atomic E-state index is 11.7. The second-order valence-electron chi connectivity index (χ2n) is 5.15. The Hall–Kier alpha value is -0.450. The van der Waals surface area contributed by atoms with Crippen molar-refractivity contribution in [1.29, 1.82) is 0 Å². The Labute approximate surface area is 97.5 Å². The van der Waals surface area contributed by atoms with Crippen LogP contribution in [0.4, 0.5) is 0 Å². The average molecular weight is 226 g/mol. The molecule has 0 aliphatic carbocycles.